The fourth-order valence-electron chi connectivity index (χ4n) is 2.13. The topological polar surface area (TPSA) is 61.3 Å². The number of nitrogens with zero attached hydrogens (tertiary/aromatic N) is 1. The molecule has 0 aliphatic rings. The van der Waals surface area contributed by atoms with Crippen LogP contribution >= 0.6 is 0 Å². The molecule has 0 bridgehead atoms. The molecule has 1 atom stereocenters. The van der Waals surface area contributed by atoms with Crippen molar-refractivity contribution in [2.45, 2.75) is 34.1 Å². The highest BCUT2D eigenvalue weighted by Crippen LogP contribution is 2.35. The van der Waals surface area contributed by atoms with Gasteiger partial charge in [0.2, 0.25) is 0 Å². The Morgan fingerprint density at radius 2 is 1.86 bits per heavy atom. The third kappa shape index (κ3) is 3.38. The second kappa shape index (κ2) is 5.80. The Kier molecular flexibility index (Phi) is 4.26. The summed E-state index contributed by atoms with van der Waals surface area (Å²) in [6, 6.07) is 7.79. The number of anilines is 1. The summed E-state index contributed by atoms with van der Waals surface area (Å²) in [5.41, 5.74) is 8.10. The van der Waals surface area contributed by atoms with Crippen molar-refractivity contribution >= 4 is 5.82 Å². The maximum atomic E-state index is 5.99. The molecule has 0 aliphatic heterocycles. The average Bonchev–Trinajstić information content (AvgIpc) is 2.79. The number of aromatic nitrogens is 1. The second-order valence-corrected chi connectivity index (χ2v) is 6.57. The minimum absolute atomic E-state index is 0.207. The summed E-state index contributed by atoms with van der Waals surface area (Å²) in [6.07, 6.45) is 0.815. The number of hydrogen-bond donors (Lipinski definition) is 1. The van der Waals surface area contributed by atoms with Crippen LogP contribution in [0.15, 0.2) is 28.8 Å². The van der Waals surface area contributed by atoms with E-state index in [1.165, 1.54) is 0 Å². The van der Waals surface area contributed by atoms with Gasteiger partial charge in [0.15, 0.2) is 5.82 Å². The maximum absolute atomic E-state index is 5.99. The highest BCUT2D eigenvalue weighted by atomic mass is 16.5. The zero-order chi connectivity index (χ0) is 15.6. The smallest absolute Gasteiger partial charge is 0.175 e. The third-order valence-corrected chi connectivity index (χ3v) is 4.14. The Bertz CT molecular complexity index is 594. The fraction of sp³-hybridized carbons (Fsp3) is 0.471. The first-order valence-electron chi connectivity index (χ1n) is 7.21. The first kappa shape index (κ1) is 15.4. The fourth-order valence-corrected chi connectivity index (χ4v) is 2.13. The molecule has 0 amide bonds. The average molecular weight is 288 g/mol. The summed E-state index contributed by atoms with van der Waals surface area (Å²) in [7, 11) is 1.65. The van der Waals surface area contributed by atoms with Crippen molar-refractivity contribution in [2.24, 2.45) is 11.3 Å². The molecule has 1 aromatic heterocycles. The molecule has 21 heavy (non-hydrogen) atoms. The standard InChI is InChI=1S/C17H24N2O2/c1-11(17(2,3)4)10-14-15(16(18)19-21-14)12-6-8-13(20-5)9-7-12/h6-9,11H,10H2,1-5H3,(H2,18,19). The number of nitrogen functional groups attached to an aromatic ring is 1. The summed E-state index contributed by atoms with van der Waals surface area (Å²) in [5.74, 6) is 2.57. The van der Waals surface area contributed by atoms with Gasteiger partial charge in [0.25, 0.3) is 0 Å². The van der Waals surface area contributed by atoms with Crippen molar-refractivity contribution in [3.63, 3.8) is 0 Å². The van der Waals surface area contributed by atoms with Gasteiger partial charge in [0, 0.05) is 6.42 Å². The summed E-state index contributed by atoms with van der Waals surface area (Å²) in [6.45, 7) is 8.90. The van der Waals surface area contributed by atoms with Gasteiger partial charge in [-0.3, -0.25) is 0 Å². The summed E-state index contributed by atoms with van der Waals surface area (Å²) in [4.78, 5) is 0. The van der Waals surface area contributed by atoms with E-state index >= 15 is 0 Å². The normalized spacial score (nSPS) is 13.2. The van der Waals surface area contributed by atoms with Gasteiger partial charge in [-0.15, -0.1) is 0 Å². The van der Waals surface area contributed by atoms with Gasteiger partial charge in [-0.1, -0.05) is 45.0 Å². The van der Waals surface area contributed by atoms with Crippen LogP contribution in [0.5, 0.6) is 5.75 Å². The zero-order valence-corrected chi connectivity index (χ0v) is 13.4. The van der Waals surface area contributed by atoms with E-state index < -0.39 is 0 Å². The largest absolute Gasteiger partial charge is 0.497 e. The Morgan fingerprint density at radius 3 is 2.38 bits per heavy atom. The third-order valence-electron chi connectivity index (χ3n) is 4.14. The quantitative estimate of drug-likeness (QED) is 0.917. The van der Waals surface area contributed by atoms with Crippen LogP contribution in [-0.4, -0.2) is 12.3 Å². The number of rotatable bonds is 4. The molecule has 114 valence electrons. The lowest BCUT2D eigenvalue weighted by Crippen LogP contribution is -2.19. The Labute approximate surface area is 126 Å². The van der Waals surface area contributed by atoms with Crippen LogP contribution in [0.3, 0.4) is 0 Å². The van der Waals surface area contributed by atoms with Crippen LogP contribution in [0.2, 0.25) is 0 Å². The van der Waals surface area contributed by atoms with Crippen LogP contribution in [0.4, 0.5) is 5.82 Å². The van der Waals surface area contributed by atoms with Crippen LogP contribution in [0, 0.1) is 11.3 Å². The van der Waals surface area contributed by atoms with Crippen molar-refractivity contribution in [1.82, 2.24) is 5.16 Å². The highest BCUT2D eigenvalue weighted by Gasteiger charge is 2.25. The van der Waals surface area contributed by atoms with E-state index in [-0.39, 0.29) is 5.41 Å². The van der Waals surface area contributed by atoms with Crippen LogP contribution in [-0.2, 0) is 6.42 Å². The number of ether oxygens (including phenoxy) is 1. The lowest BCUT2D eigenvalue weighted by molar-refractivity contribution is 0.240. The molecule has 2 N–H and O–H groups in total. The first-order valence-corrected chi connectivity index (χ1v) is 7.21. The van der Waals surface area contributed by atoms with Gasteiger partial charge in [-0.05, 0) is 29.0 Å². The molecule has 4 nitrogen and oxygen atoms in total. The van der Waals surface area contributed by atoms with Crippen molar-refractivity contribution in [3.05, 3.63) is 30.0 Å². The van der Waals surface area contributed by atoms with Gasteiger partial charge >= 0.3 is 0 Å². The Hall–Kier alpha value is -1.97. The number of benzene rings is 1. The molecule has 0 saturated heterocycles. The summed E-state index contributed by atoms with van der Waals surface area (Å²) >= 11 is 0. The van der Waals surface area contributed by atoms with Crippen molar-refractivity contribution < 1.29 is 9.26 Å². The molecule has 1 heterocycles. The molecule has 2 rings (SSSR count). The maximum Gasteiger partial charge on any atom is 0.175 e. The molecule has 0 fully saturated rings. The molecule has 1 aromatic carbocycles. The SMILES string of the molecule is COc1ccc(-c2c(N)noc2CC(C)C(C)(C)C)cc1. The van der Waals surface area contributed by atoms with Gasteiger partial charge in [-0.2, -0.15) is 0 Å². The van der Waals surface area contributed by atoms with E-state index in [1.54, 1.807) is 7.11 Å². The monoisotopic (exact) mass is 288 g/mol. The Balaban J connectivity index is 2.33. The van der Waals surface area contributed by atoms with Crippen molar-refractivity contribution in [1.29, 1.82) is 0 Å². The van der Waals surface area contributed by atoms with Crippen LogP contribution in [0.25, 0.3) is 11.1 Å². The van der Waals surface area contributed by atoms with Gasteiger partial charge in [0.05, 0.1) is 12.7 Å². The van der Waals surface area contributed by atoms with Crippen LogP contribution < -0.4 is 10.5 Å². The van der Waals surface area contributed by atoms with E-state index in [4.69, 9.17) is 15.0 Å². The number of hydrogen-bond acceptors (Lipinski definition) is 4. The van der Waals surface area contributed by atoms with Gasteiger partial charge in [-0.25, -0.2) is 0 Å². The summed E-state index contributed by atoms with van der Waals surface area (Å²) < 4.78 is 10.7. The first-order chi connectivity index (χ1) is 9.82. The number of nitrogens with two attached hydrogens (primary N) is 1. The molecular formula is C17H24N2O2. The van der Waals surface area contributed by atoms with E-state index in [0.29, 0.717) is 11.7 Å². The van der Waals surface area contributed by atoms with E-state index in [9.17, 15) is 0 Å². The predicted octanol–water partition coefficient (Wildman–Crippen LogP) is 4.16. The van der Waals surface area contributed by atoms with Gasteiger partial charge in [0.1, 0.15) is 11.5 Å². The minimum Gasteiger partial charge on any atom is -0.497 e. The van der Waals surface area contributed by atoms with Crippen molar-refractivity contribution in [2.75, 3.05) is 12.8 Å². The molecule has 4 heteroatoms. The van der Waals surface area contributed by atoms with E-state index in [0.717, 1.165) is 29.1 Å². The lowest BCUT2D eigenvalue weighted by Gasteiger charge is -2.26. The zero-order valence-electron chi connectivity index (χ0n) is 13.4. The van der Waals surface area contributed by atoms with Gasteiger partial charge < -0.3 is 15.0 Å². The molecule has 0 saturated carbocycles. The molecule has 0 spiro atoms. The second-order valence-electron chi connectivity index (χ2n) is 6.57. The molecule has 1 unspecified atom stereocenters. The molecular weight excluding hydrogens is 264 g/mol. The Morgan fingerprint density at radius 1 is 1.24 bits per heavy atom. The van der Waals surface area contributed by atoms with E-state index in [2.05, 4.69) is 32.9 Å². The predicted molar refractivity (Wildman–Crippen MR) is 85.2 cm³/mol. The van der Waals surface area contributed by atoms with E-state index in [1.807, 2.05) is 24.3 Å². The summed E-state index contributed by atoms with van der Waals surface area (Å²) in [5, 5.41) is 3.94. The minimum atomic E-state index is 0.207. The highest BCUT2D eigenvalue weighted by molar-refractivity contribution is 5.75. The molecule has 0 radical (unpaired) electrons. The molecule has 2 aromatic rings. The van der Waals surface area contributed by atoms with Crippen molar-refractivity contribution in [3.8, 4) is 16.9 Å². The van der Waals surface area contributed by atoms with Crippen LogP contribution in [0.1, 0.15) is 33.5 Å². The number of methoxy groups -OCH3 is 1. The molecule has 0 aliphatic carbocycles. The lowest BCUT2D eigenvalue weighted by atomic mass is 9.79.